The van der Waals surface area contributed by atoms with Gasteiger partial charge in [-0.05, 0) is 43.9 Å². The molecule has 4 atom stereocenters. The molecule has 2 bridgehead atoms. The number of carbonyl (C=O) groups is 1. The van der Waals surface area contributed by atoms with Crippen LogP contribution in [0.1, 0.15) is 43.0 Å². The van der Waals surface area contributed by atoms with Crippen LogP contribution in [0.2, 0.25) is 0 Å². The summed E-state index contributed by atoms with van der Waals surface area (Å²) in [4.78, 5) is 12.2. The van der Waals surface area contributed by atoms with Gasteiger partial charge in [-0.3, -0.25) is 9.48 Å². The van der Waals surface area contributed by atoms with E-state index in [4.69, 9.17) is 5.73 Å². The summed E-state index contributed by atoms with van der Waals surface area (Å²) in [7, 11) is 1.74. The lowest BCUT2D eigenvalue weighted by molar-refractivity contribution is 0.0916. The number of nitrogens with zero attached hydrogens (tertiary/aromatic N) is 2. The highest BCUT2D eigenvalue weighted by molar-refractivity contribution is 5.98. The Bertz CT molecular complexity index is 496. The monoisotopic (exact) mass is 262 g/mol. The first-order valence-corrected chi connectivity index (χ1v) is 7.14. The molecule has 5 nitrogen and oxygen atoms in total. The molecule has 19 heavy (non-hydrogen) atoms. The topological polar surface area (TPSA) is 72.9 Å². The number of aryl methyl sites for hydroxylation is 1. The predicted octanol–water partition coefficient (Wildman–Crippen LogP) is 1.56. The van der Waals surface area contributed by atoms with Crippen LogP contribution in [0.4, 0.5) is 5.82 Å². The summed E-state index contributed by atoms with van der Waals surface area (Å²) in [6.07, 6.45) is 6.90. The molecular weight excluding hydrogens is 240 g/mol. The second-order valence-electron chi connectivity index (χ2n) is 6.17. The molecule has 3 N–H and O–H groups in total. The second-order valence-corrected chi connectivity index (χ2v) is 6.17. The zero-order valence-electron chi connectivity index (χ0n) is 11.6. The van der Waals surface area contributed by atoms with Gasteiger partial charge >= 0.3 is 0 Å². The van der Waals surface area contributed by atoms with Crippen LogP contribution >= 0.6 is 0 Å². The fraction of sp³-hybridized carbons (Fsp3) is 0.714. The van der Waals surface area contributed by atoms with Crippen molar-refractivity contribution in [3.63, 3.8) is 0 Å². The smallest absolute Gasteiger partial charge is 0.256 e. The Morgan fingerprint density at radius 2 is 2.32 bits per heavy atom. The molecule has 1 aromatic rings. The molecule has 0 aliphatic heterocycles. The molecule has 4 unspecified atom stereocenters. The molecular formula is C14H22N4O. The van der Waals surface area contributed by atoms with E-state index in [1.54, 1.807) is 7.05 Å². The summed E-state index contributed by atoms with van der Waals surface area (Å²) in [5, 5.41) is 7.12. The van der Waals surface area contributed by atoms with E-state index in [0.717, 1.165) is 11.8 Å². The first kappa shape index (κ1) is 12.5. The van der Waals surface area contributed by atoms with Gasteiger partial charge in [0.2, 0.25) is 0 Å². The fourth-order valence-electron chi connectivity index (χ4n) is 3.92. The minimum atomic E-state index is -0.0964. The first-order chi connectivity index (χ1) is 9.06. The van der Waals surface area contributed by atoms with Crippen LogP contribution in [-0.4, -0.2) is 21.7 Å². The molecule has 1 aromatic heterocycles. The highest BCUT2D eigenvalue weighted by Crippen LogP contribution is 2.49. The summed E-state index contributed by atoms with van der Waals surface area (Å²) < 4.78 is 1.52. The molecule has 1 amide bonds. The van der Waals surface area contributed by atoms with Crippen molar-refractivity contribution < 1.29 is 4.79 Å². The fourth-order valence-corrected chi connectivity index (χ4v) is 3.92. The second kappa shape index (κ2) is 4.54. The van der Waals surface area contributed by atoms with Gasteiger partial charge in [0, 0.05) is 13.1 Å². The number of aromatic nitrogens is 2. The van der Waals surface area contributed by atoms with Crippen molar-refractivity contribution in [1.82, 2.24) is 15.1 Å². The molecule has 0 saturated heterocycles. The van der Waals surface area contributed by atoms with E-state index in [-0.39, 0.29) is 11.9 Å². The van der Waals surface area contributed by atoms with Crippen molar-refractivity contribution >= 4 is 11.7 Å². The van der Waals surface area contributed by atoms with Gasteiger partial charge in [0.15, 0.2) is 0 Å². The Balaban J connectivity index is 1.65. The molecule has 2 aliphatic rings. The van der Waals surface area contributed by atoms with Crippen LogP contribution in [-0.2, 0) is 7.05 Å². The summed E-state index contributed by atoms with van der Waals surface area (Å²) in [6.45, 7) is 2.12. The Morgan fingerprint density at radius 3 is 2.84 bits per heavy atom. The van der Waals surface area contributed by atoms with Gasteiger partial charge in [-0.1, -0.05) is 6.42 Å². The van der Waals surface area contributed by atoms with Crippen molar-refractivity contribution in [2.24, 2.45) is 24.8 Å². The van der Waals surface area contributed by atoms with E-state index >= 15 is 0 Å². The number of nitrogen functional groups attached to an aromatic ring is 1. The third kappa shape index (κ3) is 2.11. The Labute approximate surface area is 113 Å². The minimum absolute atomic E-state index is 0.0964. The molecule has 5 heteroatoms. The van der Waals surface area contributed by atoms with Crippen LogP contribution in [0.3, 0.4) is 0 Å². The lowest BCUT2D eigenvalue weighted by Crippen LogP contribution is -2.40. The van der Waals surface area contributed by atoms with Gasteiger partial charge in [0.05, 0.1) is 6.20 Å². The van der Waals surface area contributed by atoms with E-state index in [9.17, 15) is 4.79 Å². The van der Waals surface area contributed by atoms with Crippen molar-refractivity contribution in [3.05, 3.63) is 11.8 Å². The summed E-state index contributed by atoms with van der Waals surface area (Å²) >= 11 is 0. The Hall–Kier alpha value is -1.52. The molecule has 2 aliphatic carbocycles. The number of nitrogens with two attached hydrogens (primary N) is 1. The van der Waals surface area contributed by atoms with Crippen LogP contribution in [0.15, 0.2) is 6.20 Å². The number of hydrogen-bond acceptors (Lipinski definition) is 3. The van der Waals surface area contributed by atoms with Crippen molar-refractivity contribution in [3.8, 4) is 0 Å². The molecule has 2 fully saturated rings. The number of fused-ring (bicyclic) bond motifs is 2. The standard InChI is InChI=1S/C14H22N4O/c1-8(11-6-9-3-4-10(11)5-9)17-14(19)12-7-16-18(2)13(12)15/h7-11H,3-6,15H2,1-2H3,(H,17,19). The highest BCUT2D eigenvalue weighted by Gasteiger charge is 2.42. The molecule has 0 spiro atoms. The Morgan fingerprint density at radius 1 is 1.53 bits per heavy atom. The zero-order chi connectivity index (χ0) is 13.6. The SMILES string of the molecule is CC(NC(=O)c1cnn(C)c1N)C1CC2CCC1C2. The summed E-state index contributed by atoms with van der Waals surface area (Å²) in [5.74, 6) is 2.68. The van der Waals surface area contributed by atoms with Gasteiger partial charge < -0.3 is 11.1 Å². The third-order valence-corrected chi connectivity index (χ3v) is 5.02. The van der Waals surface area contributed by atoms with Crippen LogP contribution < -0.4 is 11.1 Å². The van der Waals surface area contributed by atoms with Gasteiger partial charge in [-0.25, -0.2) is 0 Å². The zero-order valence-corrected chi connectivity index (χ0v) is 11.6. The maximum absolute atomic E-state index is 12.2. The molecule has 0 aromatic carbocycles. The molecule has 0 radical (unpaired) electrons. The third-order valence-electron chi connectivity index (χ3n) is 5.02. The lowest BCUT2D eigenvalue weighted by Gasteiger charge is -2.28. The van der Waals surface area contributed by atoms with Crippen LogP contribution in [0, 0.1) is 17.8 Å². The number of hydrogen-bond donors (Lipinski definition) is 2. The van der Waals surface area contributed by atoms with E-state index in [1.807, 2.05) is 0 Å². The maximum atomic E-state index is 12.2. The van der Waals surface area contributed by atoms with Gasteiger partial charge in [0.1, 0.15) is 11.4 Å². The van der Waals surface area contributed by atoms with E-state index in [1.165, 1.54) is 36.6 Å². The quantitative estimate of drug-likeness (QED) is 0.868. The average Bonchev–Trinajstić information content (AvgIpc) is 3.06. The molecule has 3 rings (SSSR count). The molecule has 2 saturated carbocycles. The minimum Gasteiger partial charge on any atom is -0.383 e. The normalized spacial score (nSPS) is 30.5. The van der Waals surface area contributed by atoms with Gasteiger partial charge in [-0.15, -0.1) is 0 Å². The number of carbonyl (C=O) groups excluding carboxylic acids is 1. The molecule has 104 valence electrons. The van der Waals surface area contributed by atoms with E-state index < -0.39 is 0 Å². The summed E-state index contributed by atoms with van der Waals surface area (Å²) in [5.41, 5.74) is 6.32. The lowest BCUT2D eigenvalue weighted by atomic mass is 9.84. The van der Waals surface area contributed by atoms with Gasteiger partial charge in [0.25, 0.3) is 5.91 Å². The highest BCUT2D eigenvalue weighted by atomic mass is 16.1. The number of rotatable bonds is 3. The number of amides is 1. The molecule has 1 heterocycles. The van der Waals surface area contributed by atoms with Crippen molar-refractivity contribution in [1.29, 1.82) is 0 Å². The number of anilines is 1. The first-order valence-electron chi connectivity index (χ1n) is 7.14. The predicted molar refractivity (Wildman–Crippen MR) is 73.5 cm³/mol. The largest absolute Gasteiger partial charge is 0.383 e. The Kier molecular flexibility index (Phi) is 2.99. The van der Waals surface area contributed by atoms with E-state index in [0.29, 0.717) is 17.3 Å². The number of nitrogens with one attached hydrogen (secondary N) is 1. The van der Waals surface area contributed by atoms with Crippen LogP contribution in [0.25, 0.3) is 0 Å². The maximum Gasteiger partial charge on any atom is 0.256 e. The van der Waals surface area contributed by atoms with Gasteiger partial charge in [-0.2, -0.15) is 5.10 Å². The summed E-state index contributed by atoms with van der Waals surface area (Å²) in [6, 6.07) is 0.224. The van der Waals surface area contributed by atoms with E-state index in [2.05, 4.69) is 17.3 Å². The van der Waals surface area contributed by atoms with Crippen molar-refractivity contribution in [2.45, 2.75) is 38.6 Å². The van der Waals surface area contributed by atoms with Crippen molar-refractivity contribution in [2.75, 3.05) is 5.73 Å². The average molecular weight is 262 g/mol. The van der Waals surface area contributed by atoms with Crippen LogP contribution in [0.5, 0.6) is 0 Å².